The highest BCUT2D eigenvalue weighted by Gasteiger charge is 2.30. The van der Waals surface area contributed by atoms with Crippen LogP contribution in [0.4, 0.5) is 0 Å². The lowest BCUT2D eigenvalue weighted by Crippen LogP contribution is -2.30. The zero-order valence-corrected chi connectivity index (χ0v) is 70.0. The van der Waals surface area contributed by atoms with Crippen LogP contribution in [0.3, 0.4) is 0 Å². The van der Waals surface area contributed by atoms with Gasteiger partial charge in [0, 0.05) is 25.7 Å². The van der Waals surface area contributed by atoms with Crippen molar-refractivity contribution in [1.29, 1.82) is 0 Å². The Kier molecular flexibility index (Phi) is 76.3. The first-order valence-electron chi connectivity index (χ1n) is 44.1. The summed E-state index contributed by atoms with van der Waals surface area (Å²) in [5, 5.41) is 10.7. The van der Waals surface area contributed by atoms with E-state index in [4.69, 9.17) is 37.0 Å². The van der Waals surface area contributed by atoms with E-state index in [0.717, 1.165) is 95.8 Å². The van der Waals surface area contributed by atoms with Crippen LogP contribution in [0.1, 0.15) is 458 Å². The van der Waals surface area contributed by atoms with Crippen molar-refractivity contribution < 1.29 is 80.2 Å². The predicted octanol–water partition coefficient (Wildman–Crippen LogP) is 26.0. The third kappa shape index (κ3) is 78.2. The average molecular weight is 1520 g/mol. The van der Waals surface area contributed by atoms with Crippen molar-refractivity contribution in [3.63, 3.8) is 0 Å². The monoisotopic (exact) mass is 1520 g/mol. The van der Waals surface area contributed by atoms with Gasteiger partial charge in [-0.2, -0.15) is 0 Å². The fourth-order valence-electron chi connectivity index (χ4n) is 13.3. The lowest BCUT2D eigenvalue weighted by molar-refractivity contribution is -0.161. The Balaban J connectivity index is 5.18. The molecular weight excluding hydrogens is 1350 g/mol. The van der Waals surface area contributed by atoms with Gasteiger partial charge in [-0.05, 0) is 31.6 Å². The van der Waals surface area contributed by atoms with E-state index in [1.807, 2.05) is 0 Å². The number of phosphoric ester groups is 2. The fourth-order valence-corrected chi connectivity index (χ4v) is 14.9. The van der Waals surface area contributed by atoms with Gasteiger partial charge in [-0.1, -0.05) is 407 Å². The maximum Gasteiger partial charge on any atom is 0.472 e. The molecule has 0 radical (unpaired) electrons. The molecule has 0 spiro atoms. The minimum atomic E-state index is -4.96. The molecule has 0 aliphatic heterocycles. The Morgan fingerprint density at radius 3 is 0.654 bits per heavy atom. The molecule has 0 saturated heterocycles. The molecule has 0 aliphatic carbocycles. The topological polar surface area (TPSA) is 237 Å². The maximum absolute atomic E-state index is 13.1. The normalized spacial score (nSPS) is 13.8. The second-order valence-corrected chi connectivity index (χ2v) is 34.0. The van der Waals surface area contributed by atoms with Crippen molar-refractivity contribution in [3.05, 3.63) is 0 Å². The molecule has 5 atom stereocenters. The van der Waals surface area contributed by atoms with Gasteiger partial charge < -0.3 is 33.8 Å². The Morgan fingerprint density at radius 1 is 0.260 bits per heavy atom. The molecule has 104 heavy (non-hydrogen) atoms. The van der Waals surface area contributed by atoms with E-state index in [2.05, 4.69) is 34.6 Å². The van der Waals surface area contributed by atoms with Crippen molar-refractivity contribution in [2.75, 3.05) is 39.6 Å². The molecule has 0 aliphatic rings. The Morgan fingerprint density at radius 2 is 0.442 bits per heavy atom. The van der Waals surface area contributed by atoms with E-state index in [-0.39, 0.29) is 25.7 Å². The highest BCUT2D eigenvalue weighted by Crippen LogP contribution is 2.45. The van der Waals surface area contributed by atoms with E-state index in [1.165, 1.54) is 283 Å². The smallest absolute Gasteiger partial charge is 0.462 e. The minimum Gasteiger partial charge on any atom is -0.462 e. The third-order valence-electron chi connectivity index (χ3n) is 20.0. The first-order chi connectivity index (χ1) is 50.5. The molecule has 17 nitrogen and oxygen atoms in total. The summed E-state index contributed by atoms with van der Waals surface area (Å²) in [6, 6.07) is 0. The van der Waals surface area contributed by atoms with E-state index in [1.54, 1.807) is 0 Å². The van der Waals surface area contributed by atoms with Gasteiger partial charge in [0.1, 0.15) is 19.3 Å². The van der Waals surface area contributed by atoms with E-state index >= 15 is 0 Å². The van der Waals surface area contributed by atoms with Gasteiger partial charge >= 0.3 is 39.5 Å². The van der Waals surface area contributed by atoms with E-state index in [9.17, 15) is 43.2 Å². The number of rotatable bonds is 85. The predicted molar refractivity (Wildman–Crippen MR) is 428 cm³/mol. The number of carbonyl (C=O) groups excluding carboxylic acids is 4. The highest BCUT2D eigenvalue weighted by atomic mass is 31.2. The van der Waals surface area contributed by atoms with Crippen LogP contribution in [0.2, 0.25) is 0 Å². The Labute approximate surface area is 638 Å². The zero-order valence-electron chi connectivity index (χ0n) is 68.2. The summed E-state index contributed by atoms with van der Waals surface area (Å²) in [5.74, 6) is -1.28. The molecule has 2 unspecified atom stereocenters. The standard InChI is InChI=1S/C85H166O17P2/c1-6-9-12-15-18-21-23-25-27-29-30-34-38-41-45-49-54-59-64-69-83(88)96-75-81(102-85(90)71-66-61-56-51-47-43-39-35-32-31-33-36-40-44-48-52-57-62-67-78(4)5)77-100-104(93,94)98-73-79(86)72-97-103(91,92)99-76-80(74-95-82(87)68-63-58-53-20-17-14-11-8-3)101-84(89)70-65-60-55-50-46-42-37-28-26-24-22-19-16-13-10-7-2/h78-81,86H,6-77H2,1-5H3,(H,91,92)(H,93,94)/t79-,80+,81+/m0/s1. The van der Waals surface area contributed by atoms with Crippen molar-refractivity contribution in [2.24, 2.45) is 5.92 Å². The number of aliphatic hydroxyl groups is 1. The van der Waals surface area contributed by atoms with Crippen LogP contribution < -0.4 is 0 Å². The van der Waals surface area contributed by atoms with Crippen LogP contribution in [-0.2, 0) is 65.4 Å². The van der Waals surface area contributed by atoms with E-state index < -0.39 is 97.5 Å². The molecule has 3 N–H and O–H groups in total. The number of unbranched alkanes of at least 4 members (excludes halogenated alkanes) is 57. The van der Waals surface area contributed by atoms with Crippen LogP contribution in [0, 0.1) is 5.92 Å². The number of ether oxygens (including phenoxy) is 4. The summed E-state index contributed by atoms with van der Waals surface area (Å²) in [6.07, 6.45) is 70.9. The molecular formula is C85H166O17P2. The fraction of sp³-hybridized carbons (Fsp3) is 0.953. The summed E-state index contributed by atoms with van der Waals surface area (Å²) in [7, 11) is -9.92. The Bertz CT molecular complexity index is 1980. The van der Waals surface area contributed by atoms with Crippen LogP contribution in [0.25, 0.3) is 0 Å². The highest BCUT2D eigenvalue weighted by molar-refractivity contribution is 7.47. The maximum atomic E-state index is 13.1. The van der Waals surface area contributed by atoms with Crippen LogP contribution in [0.15, 0.2) is 0 Å². The molecule has 0 aromatic carbocycles. The first kappa shape index (κ1) is 102. The van der Waals surface area contributed by atoms with Gasteiger partial charge in [0.05, 0.1) is 26.4 Å². The molecule has 0 fully saturated rings. The van der Waals surface area contributed by atoms with Crippen molar-refractivity contribution in [2.45, 2.75) is 477 Å². The van der Waals surface area contributed by atoms with Crippen LogP contribution in [0.5, 0.6) is 0 Å². The van der Waals surface area contributed by atoms with E-state index in [0.29, 0.717) is 25.7 Å². The summed E-state index contributed by atoms with van der Waals surface area (Å²) < 4.78 is 68.8. The summed E-state index contributed by atoms with van der Waals surface area (Å²) in [4.78, 5) is 73.1. The SMILES string of the molecule is CCCCCCCCCCCCCCCCCCCCCC(=O)OC[C@H](COP(=O)(O)OC[C@@H](O)COP(=O)(O)OC[C@@H](COC(=O)CCCCCCCCCC)OC(=O)CCCCCCCCCCCCCCCCCC)OC(=O)CCCCCCCCCCCCCCCCCCCCC(C)C. The zero-order chi connectivity index (χ0) is 76.2. The molecule has 0 rings (SSSR count). The summed E-state index contributed by atoms with van der Waals surface area (Å²) in [5.41, 5.74) is 0. The number of carbonyl (C=O) groups is 4. The number of esters is 4. The van der Waals surface area contributed by atoms with Crippen molar-refractivity contribution in [1.82, 2.24) is 0 Å². The van der Waals surface area contributed by atoms with Crippen LogP contribution in [-0.4, -0.2) is 96.7 Å². The average Bonchev–Trinajstić information content (AvgIpc) is 0.948. The molecule has 0 saturated carbocycles. The number of phosphoric acid groups is 2. The lowest BCUT2D eigenvalue weighted by atomic mass is 10.0. The third-order valence-corrected chi connectivity index (χ3v) is 21.9. The number of hydrogen-bond acceptors (Lipinski definition) is 15. The quantitative estimate of drug-likeness (QED) is 0.0222. The number of hydrogen-bond donors (Lipinski definition) is 3. The summed E-state index contributed by atoms with van der Waals surface area (Å²) >= 11 is 0. The second-order valence-electron chi connectivity index (χ2n) is 31.1. The van der Waals surface area contributed by atoms with Crippen LogP contribution >= 0.6 is 15.6 Å². The molecule has 618 valence electrons. The summed E-state index contributed by atoms with van der Waals surface area (Å²) in [6.45, 7) is 7.37. The Hall–Kier alpha value is -1.94. The van der Waals surface area contributed by atoms with Crippen molar-refractivity contribution >= 4 is 39.5 Å². The van der Waals surface area contributed by atoms with Gasteiger partial charge in [0.15, 0.2) is 12.2 Å². The molecule has 0 heterocycles. The van der Waals surface area contributed by atoms with Gasteiger partial charge in [-0.25, -0.2) is 9.13 Å². The van der Waals surface area contributed by atoms with Gasteiger partial charge in [-0.15, -0.1) is 0 Å². The molecule has 19 heteroatoms. The number of aliphatic hydroxyl groups excluding tert-OH is 1. The largest absolute Gasteiger partial charge is 0.472 e. The van der Waals surface area contributed by atoms with Gasteiger partial charge in [-0.3, -0.25) is 37.3 Å². The second kappa shape index (κ2) is 77.8. The lowest BCUT2D eigenvalue weighted by Gasteiger charge is -2.21. The minimum absolute atomic E-state index is 0.109. The first-order valence-corrected chi connectivity index (χ1v) is 47.1. The molecule has 0 bridgehead atoms. The van der Waals surface area contributed by atoms with Gasteiger partial charge in [0.25, 0.3) is 0 Å². The molecule has 0 aromatic heterocycles. The molecule has 0 amide bonds. The molecule has 0 aromatic rings. The van der Waals surface area contributed by atoms with Gasteiger partial charge in [0.2, 0.25) is 0 Å². The van der Waals surface area contributed by atoms with Crippen molar-refractivity contribution in [3.8, 4) is 0 Å².